The molecule has 0 aliphatic heterocycles. The number of hydrogen-bond acceptors (Lipinski definition) is 3. The van der Waals surface area contributed by atoms with Crippen LogP contribution in [0.1, 0.15) is 24.1 Å². The van der Waals surface area contributed by atoms with E-state index >= 15 is 0 Å². The lowest BCUT2D eigenvalue weighted by molar-refractivity contribution is -0.138. The molecule has 0 amide bonds. The van der Waals surface area contributed by atoms with Crippen molar-refractivity contribution < 1.29 is 14.6 Å². The summed E-state index contributed by atoms with van der Waals surface area (Å²) >= 11 is 0. The van der Waals surface area contributed by atoms with E-state index in [0.29, 0.717) is 17.0 Å². The van der Waals surface area contributed by atoms with E-state index in [1.807, 2.05) is 36.4 Å². The molecular formula is C17H19NO3. The van der Waals surface area contributed by atoms with Crippen molar-refractivity contribution in [2.75, 3.05) is 12.4 Å². The van der Waals surface area contributed by atoms with Crippen molar-refractivity contribution in [1.29, 1.82) is 0 Å². The highest BCUT2D eigenvalue weighted by atomic mass is 16.5. The van der Waals surface area contributed by atoms with Crippen molar-refractivity contribution in [2.45, 2.75) is 19.4 Å². The minimum atomic E-state index is -0.926. The van der Waals surface area contributed by atoms with E-state index in [2.05, 4.69) is 12.2 Å². The number of benzene rings is 2. The number of methoxy groups -OCH3 is 1. The molecule has 2 aromatic carbocycles. The lowest BCUT2D eigenvalue weighted by Crippen LogP contribution is -2.20. The van der Waals surface area contributed by atoms with Crippen LogP contribution in [0.3, 0.4) is 0 Å². The van der Waals surface area contributed by atoms with Crippen molar-refractivity contribution >= 4 is 11.7 Å². The summed E-state index contributed by atoms with van der Waals surface area (Å²) in [5, 5.41) is 12.5. The number of aliphatic carboxylic acids is 1. The lowest BCUT2D eigenvalue weighted by Gasteiger charge is -2.18. The molecule has 0 radical (unpaired) electrons. The highest BCUT2D eigenvalue weighted by Crippen LogP contribution is 2.28. The summed E-state index contributed by atoms with van der Waals surface area (Å²) in [6, 6.07) is 14.1. The average Bonchev–Trinajstić information content (AvgIpc) is 2.53. The Morgan fingerprint density at radius 2 is 1.86 bits per heavy atom. The maximum Gasteiger partial charge on any atom is 0.330 e. The monoisotopic (exact) mass is 285 g/mol. The second kappa shape index (κ2) is 6.79. The van der Waals surface area contributed by atoms with E-state index in [0.717, 1.165) is 6.42 Å². The van der Waals surface area contributed by atoms with Gasteiger partial charge in [0.15, 0.2) is 6.04 Å². The summed E-state index contributed by atoms with van der Waals surface area (Å²) in [6.45, 7) is 2.07. The lowest BCUT2D eigenvalue weighted by atomic mass is 10.0. The second-order valence-electron chi connectivity index (χ2n) is 4.71. The van der Waals surface area contributed by atoms with E-state index in [-0.39, 0.29) is 0 Å². The quantitative estimate of drug-likeness (QED) is 0.853. The van der Waals surface area contributed by atoms with Gasteiger partial charge in [0, 0.05) is 0 Å². The number of carbonyl (C=O) groups is 1. The van der Waals surface area contributed by atoms with Crippen molar-refractivity contribution in [3.8, 4) is 5.75 Å². The van der Waals surface area contributed by atoms with Crippen LogP contribution in [0.2, 0.25) is 0 Å². The third kappa shape index (κ3) is 3.54. The van der Waals surface area contributed by atoms with E-state index < -0.39 is 12.0 Å². The van der Waals surface area contributed by atoms with Gasteiger partial charge in [-0.15, -0.1) is 0 Å². The number of anilines is 1. The third-order valence-electron chi connectivity index (χ3n) is 3.38. The molecule has 0 spiro atoms. The number of para-hydroxylation sites is 2. The molecule has 110 valence electrons. The molecule has 0 aromatic heterocycles. The van der Waals surface area contributed by atoms with Gasteiger partial charge >= 0.3 is 5.97 Å². The molecule has 0 saturated carbocycles. The molecular weight excluding hydrogens is 266 g/mol. The molecule has 4 heteroatoms. The fourth-order valence-corrected chi connectivity index (χ4v) is 2.15. The van der Waals surface area contributed by atoms with Crippen molar-refractivity contribution in [1.82, 2.24) is 0 Å². The number of carboxylic acid groups (broad SMARTS) is 1. The average molecular weight is 285 g/mol. The number of carboxylic acids is 1. The molecule has 0 aliphatic carbocycles. The summed E-state index contributed by atoms with van der Waals surface area (Å²) < 4.78 is 5.24. The molecule has 0 aliphatic rings. The smallest absolute Gasteiger partial charge is 0.330 e. The number of aryl methyl sites for hydroxylation is 1. The van der Waals surface area contributed by atoms with Crippen LogP contribution in [-0.2, 0) is 11.2 Å². The second-order valence-corrected chi connectivity index (χ2v) is 4.71. The summed E-state index contributed by atoms with van der Waals surface area (Å²) in [4.78, 5) is 11.6. The predicted molar refractivity (Wildman–Crippen MR) is 82.8 cm³/mol. The molecule has 21 heavy (non-hydrogen) atoms. The van der Waals surface area contributed by atoms with Crippen molar-refractivity contribution in [3.05, 3.63) is 59.7 Å². The van der Waals surface area contributed by atoms with E-state index in [4.69, 9.17) is 4.74 Å². The molecule has 2 N–H and O–H groups in total. The normalized spacial score (nSPS) is 11.7. The number of nitrogens with one attached hydrogen (secondary N) is 1. The molecule has 4 nitrogen and oxygen atoms in total. The number of rotatable bonds is 6. The van der Waals surface area contributed by atoms with E-state index in [9.17, 15) is 9.90 Å². The molecule has 0 bridgehead atoms. The predicted octanol–water partition coefficient (Wildman–Crippen LogP) is 3.50. The topological polar surface area (TPSA) is 58.6 Å². The first-order chi connectivity index (χ1) is 10.2. The Morgan fingerprint density at radius 3 is 2.43 bits per heavy atom. The van der Waals surface area contributed by atoms with E-state index in [1.54, 1.807) is 19.2 Å². The zero-order chi connectivity index (χ0) is 15.2. The highest BCUT2D eigenvalue weighted by Gasteiger charge is 2.20. The van der Waals surface area contributed by atoms with Crippen molar-refractivity contribution in [3.63, 3.8) is 0 Å². The Morgan fingerprint density at radius 1 is 1.19 bits per heavy atom. The standard InChI is InChI=1S/C17H19NO3/c1-3-12-8-10-13(11-9-12)16(17(19)20)18-14-6-4-5-7-15(14)21-2/h4-11,16,18H,3H2,1-2H3,(H,19,20). The Balaban J connectivity index is 2.28. The van der Waals surface area contributed by atoms with Crippen LogP contribution in [0.4, 0.5) is 5.69 Å². The summed E-state index contributed by atoms with van der Waals surface area (Å²) in [5.41, 5.74) is 2.55. The van der Waals surface area contributed by atoms with Gasteiger partial charge < -0.3 is 15.2 Å². The van der Waals surface area contributed by atoms with Crippen LogP contribution in [0.25, 0.3) is 0 Å². The molecule has 1 unspecified atom stereocenters. The van der Waals surface area contributed by atoms with Gasteiger partial charge in [-0.25, -0.2) is 4.79 Å². The zero-order valence-corrected chi connectivity index (χ0v) is 12.2. The number of hydrogen-bond donors (Lipinski definition) is 2. The largest absolute Gasteiger partial charge is 0.495 e. The first-order valence-electron chi connectivity index (χ1n) is 6.87. The third-order valence-corrected chi connectivity index (χ3v) is 3.38. The van der Waals surface area contributed by atoms with Crippen LogP contribution in [0.5, 0.6) is 5.75 Å². The van der Waals surface area contributed by atoms with Crippen LogP contribution >= 0.6 is 0 Å². The van der Waals surface area contributed by atoms with Gasteiger partial charge in [-0.1, -0.05) is 43.3 Å². The minimum absolute atomic E-state index is 0.619. The van der Waals surface area contributed by atoms with Gasteiger partial charge in [-0.05, 0) is 29.7 Å². The Kier molecular flexibility index (Phi) is 4.82. The first kappa shape index (κ1) is 14.9. The fourth-order valence-electron chi connectivity index (χ4n) is 2.15. The van der Waals surface area contributed by atoms with Crippen LogP contribution in [0.15, 0.2) is 48.5 Å². The maximum absolute atomic E-state index is 11.6. The number of ether oxygens (including phenoxy) is 1. The van der Waals surface area contributed by atoms with Gasteiger partial charge in [0.05, 0.1) is 12.8 Å². The maximum atomic E-state index is 11.6. The fraction of sp³-hybridized carbons (Fsp3) is 0.235. The zero-order valence-electron chi connectivity index (χ0n) is 12.2. The van der Waals surface area contributed by atoms with E-state index in [1.165, 1.54) is 5.56 Å². The first-order valence-corrected chi connectivity index (χ1v) is 6.87. The Labute approximate surface area is 124 Å². The summed E-state index contributed by atoms with van der Waals surface area (Å²) in [7, 11) is 1.56. The van der Waals surface area contributed by atoms with Gasteiger partial charge in [-0.2, -0.15) is 0 Å². The Hall–Kier alpha value is -2.49. The minimum Gasteiger partial charge on any atom is -0.495 e. The van der Waals surface area contributed by atoms with Crippen LogP contribution < -0.4 is 10.1 Å². The Bertz CT molecular complexity index is 608. The molecule has 2 rings (SSSR count). The summed E-state index contributed by atoms with van der Waals surface area (Å²) in [6.07, 6.45) is 0.929. The SMILES string of the molecule is CCc1ccc(C(Nc2ccccc2OC)C(=O)O)cc1. The van der Waals surface area contributed by atoms with Gasteiger partial charge in [0.25, 0.3) is 0 Å². The molecule has 0 heterocycles. The summed E-state index contributed by atoms with van der Waals surface area (Å²) in [5.74, 6) is -0.306. The highest BCUT2D eigenvalue weighted by molar-refractivity contribution is 5.80. The molecule has 0 fully saturated rings. The molecule has 2 aromatic rings. The van der Waals surface area contributed by atoms with Gasteiger partial charge in [-0.3, -0.25) is 0 Å². The molecule has 0 saturated heterocycles. The van der Waals surface area contributed by atoms with Crippen LogP contribution in [0, 0.1) is 0 Å². The van der Waals surface area contributed by atoms with Gasteiger partial charge in [0.1, 0.15) is 5.75 Å². The van der Waals surface area contributed by atoms with Crippen LogP contribution in [-0.4, -0.2) is 18.2 Å². The van der Waals surface area contributed by atoms with Crippen molar-refractivity contribution in [2.24, 2.45) is 0 Å². The van der Waals surface area contributed by atoms with Gasteiger partial charge in [0.2, 0.25) is 0 Å². The molecule has 1 atom stereocenters.